The van der Waals surface area contributed by atoms with Crippen molar-refractivity contribution in [3.63, 3.8) is 0 Å². The molecule has 1 aliphatic heterocycles. The quantitative estimate of drug-likeness (QED) is 0.669. The largest absolute Gasteiger partial charge is 0.459 e. The summed E-state index contributed by atoms with van der Waals surface area (Å²) in [4.78, 5) is 14.6. The molecule has 0 bridgehead atoms. The minimum absolute atomic E-state index is 0.0102. The number of likely N-dealkylation sites (tertiary alicyclic amines) is 1. The summed E-state index contributed by atoms with van der Waals surface area (Å²) >= 11 is 6.03. The Labute approximate surface area is 131 Å². The number of nitrogen functional groups attached to an aromatic ring is 1. The number of ether oxygens (including phenoxy) is 1. The molecule has 0 amide bonds. The second kappa shape index (κ2) is 7.66. The number of piperidine rings is 1. The summed E-state index contributed by atoms with van der Waals surface area (Å²) < 4.78 is 5.56. The van der Waals surface area contributed by atoms with Crippen molar-refractivity contribution in [3.05, 3.63) is 28.8 Å². The third-order valence-corrected chi connectivity index (χ3v) is 4.16. The van der Waals surface area contributed by atoms with Crippen LogP contribution >= 0.6 is 11.6 Å². The number of hydrogen-bond donors (Lipinski definition) is 1. The molecule has 1 fully saturated rings. The molecule has 1 saturated heterocycles. The average Bonchev–Trinajstić information content (AvgIpc) is 2.46. The number of esters is 1. The van der Waals surface area contributed by atoms with Gasteiger partial charge in [-0.1, -0.05) is 24.9 Å². The van der Waals surface area contributed by atoms with Gasteiger partial charge in [-0.2, -0.15) is 0 Å². The number of carbonyl (C=O) groups is 1. The molecule has 1 aromatic carbocycles. The van der Waals surface area contributed by atoms with Crippen LogP contribution in [0.4, 0.5) is 5.69 Å². The number of benzene rings is 1. The van der Waals surface area contributed by atoms with Gasteiger partial charge in [-0.05, 0) is 44.0 Å². The van der Waals surface area contributed by atoms with Crippen molar-refractivity contribution >= 4 is 23.3 Å². The van der Waals surface area contributed by atoms with Crippen molar-refractivity contribution in [2.45, 2.75) is 38.7 Å². The highest BCUT2D eigenvalue weighted by Gasteiger charge is 2.23. The standard InChI is InChI=1S/C16H23ClN2O2/c1-2-3-8-19-9-6-13(7-10-19)21-16(20)14-5-4-12(18)11-15(14)17/h4-5,11,13H,2-3,6-10,18H2,1H3. The molecule has 2 N–H and O–H groups in total. The third kappa shape index (κ3) is 4.61. The van der Waals surface area contributed by atoms with E-state index in [0.29, 0.717) is 16.3 Å². The highest BCUT2D eigenvalue weighted by Crippen LogP contribution is 2.22. The Morgan fingerprint density at radius 1 is 1.43 bits per heavy atom. The first-order valence-electron chi connectivity index (χ1n) is 7.58. The minimum atomic E-state index is -0.355. The molecular weight excluding hydrogens is 288 g/mol. The second-order valence-corrected chi connectivity index (χ2v) is 5.95. The van der Waals surface area contributed by atoms with Gasteiger partial charge in [0.15, 0.2) is 0 Å². The number of halogens is 1. The number of rotatable bonds is 5. The van der Waals surface area contributed by atoms with Gasteiger partial charge in [0.25, 0.3) is 0 Å². The van der Waals surface area contributed by atoms with Crippen molar-refractivity contribution in [2.24, 2.45) is 0 Å². The molecule has 5 heteroatoms. The fourth-order valence-corrected chi connectivity index (χ4v) is 2.81. The smallest absolute Gasteiger partial charge is 0.339 e. The lowest BCUT2D eigenvalue weighted by Gasteiger charge is -2.31. The zero-order valence-corrected chi connectivity index (χ0v) is 13.2. The van der Waals surface area contributed by atoms with Crippen LogP contribution in [0.5, 0.6) is 0 Å². The van der Waals surface area contributed by atoms with Gasteiger partial charge in [-0.3, -0.25) is 0 Å². The molecule has 0 unspecified atom stereocenters. The zero-order chi connectivity index (χ0) is 15.2. The van der Waals surface area contributed by atoms with Gasteiger partial charge in [-0.15, -0.1) is 0 Å². The predicted octanol–water partition coefficient (Wildman–Crippen LogP) is 3.34. The lowest BCUT2D eigenvalue weighted by molar-refractivity contribution is 0.0113. The summed E-state index contributed by atoms with van der Waals surface area (Å²) in [7, 11) is 0. The Morgan fingerprint density at radius 3 is 2.76 bits per heavy atom. The first-order valence-corrected chi connectivity index (χ1v) is 7.96. The van der Waals surface area contributed by atoms with Crippen molar-refractivity contribution in [2.75, 3.05) is 25.4 Å². The number of anilines is 1. The van der Waals surface area contributed by atoms with E-state index in [4.69, 9.17) is 22.1 Å². The summed E-state index contributed by atoms with van der Waals surface area (Å²) in [6, 6.07) is 4.86. The Kier molecular flexibility index (Phi) is 5.88. The molecule has 1 heterocycles. The normalized spacial score (nSPS) is 16.9. The highest BCUT2D eigenvalue weighted by molar-refractivity contribution is 6.33. The molecule has 0 spiro atoms. The van der Waals surface area contributed by atoms with Crippen LogP contribution in [0, 0.1) is 0 Å². The van der Waals surface area contributed by atoms with E-state index in [1.165, 1.54) is 12.8 Å². The molecule has 0 aliphatic carbocycles. The zero-order valence-electron chi connectivity index (χ0n) is 12.5. The van der Waals surface area contributed by atoms with Crippen LogP contribution in [-0.2, 0) is 4.74 Å². The van der Waals surface area contributed by atoms with Crippen molar-refractivity contribution in [3.8, 4) is 0 Å². The highest BCUT2D eigenvalue weighted by atomic mass is 35.5. The van der Waals surface area contributed by atoms with Gasteiger partial charge < -0.3 is 15.4 Å². The lowest BCUT2D eigenvalue weighted by Crippen LogP contribution is -2.38. The van der Waals surface area contributed by atoms with Gasteiger partial charge in [-0.25, -0.2) is 4.79 Å². The lowest BCUT2D eigenvalue weighted by atomic mass is 10.1. The molecule has 1 aromatic rings. The van der Waals surface area contributed by atoms with Crippen LogP contribution < -0.4 is 5.73 Å². The number of unbranched alkanes of at least 4 members (excludes halogenated alkanes) is 1. The Morgan fingerprint density at radius 2 is 2.14 bits per heavy atom. The van der Waals surface area contributed by atoms with Gasteiger partial charge >= 0.3 is 5.97 Å². The summed E-state index contributed by atoms with van der Waals surface area (Å²) in [6.45, 7) is 5.33. The summed E-state index contributed by atoms with van der Waals surface area (Å²) in [5, 5.41) is 0.348. The number of hydrogen-bond acceptors (Lipinski definition) is 4. The minimum Gasteiger partial charge on any atom is -0.459 e. The molecule has 4 nitrogen and oxygen atoms in total. The molecule has 0 saturated carbocycles. The summed E-state index contributed by atoms with van der Waals surface area (Å²) in [6.07, 6.45) is 4.21. The van der Waals surface area contributed by atoms with Crippen LogP contribution in [0.1, 0.15) is 43.0 Å². The topological polar surface area (TPSA) is 55.6 Å². The maximum atomic E-state index is 12.1. The molecule has 1 aliphatic rings. The molecule has 2 rings (SSSR count). The van der Waals surface area contributed by atoms with Gasteiger partial charge in [0.05, 0.1) is 10.6 Å². The summed E-state index contributed by atoms with van der Waals surface area (Å²) in [5.74, 6) is -0.355. The van der Waals surface area contributed by atoms with Crippen molar-refractivity contribution in [1.29, 1.82) is 0 Å². The van der Waals surface area contributed by atoms with E-state index in [1.807, 2.05) is 0 Å². The predicted molar refractivity (Wildman–Crippen MR) is 85.6 cm³/mol. The average molecular weight is 311 g/mol. The fourth-order valence-electron chi connectivity index (χ4n) is 2.54. The van der Waals surface area contributed by atoms with E-state index in [0.717, 1.165) is 32.5 Å². The Bertz CT molecular complexity index is 485. The van der Waals surface area contributed by atoms with Gasteiger partial charge in [0.1, 0.15) is 6.10 Å². The van der Waals surface area contributed by atoms with Crippen LogP contribution in [0.25, 0.3) is 0 Å². The number of nitrogens with two attached hydrogens (primary N) is 1. The van der Waals surface area contributed by atoms with Crippen molar-refractivity contribution < 1.29 is 9.53 Å². The van der Waals surface area contributed by atoms with E-state index in [2.05, 4.69) is 11.8 Å². The van der Waals surface area contributed by atoms with Crippen LogP contribution in [0.2, 0.25) is 5.02 Å². The Balaban J connectivity index is 1.84. The van der Waals surface area contributed by atoms with Crippen LogP contribution in [0.15, 0.2) is 18.2 Å². The maximum Gasteiger partial charge on any atom is 0.339 e. The second-order valence-electron chi connectivity index (χ2n) is 5.54. The van der Waals surface area contributed by atoms with E-state index >= 15 is 0 Å². The first-order chi connectivity index (χ1) is 10.1. The van der Waals surface area contributed by atoms with Gasteiger partial charge in [0.2, 0.25) is 0 Å². The van der Waals surface area contributed by atoms with Crippen LogP contribution in [0.3, 0.4) is 0 Å². The fraction of sp³-hybridized carbons (Fsp3) is 0.562. The first kappa shape index (κ1) is 16.1. The van der Waals surface area contributed by atoms with Crippen molar-refractivity contribution in [1.82, 2.24) is 4.90 Å². The molecule has 21 heavy (non-hydrogen) atoms. The number of nitrogens with zero attached hydrogens (tertiary/aromatic N) is 1. The monoisotopic (exact) mass is 310 g/mol. The molecule has 0 aromatic heterocycles. The van der Waals surface area contributed by atoms with Crippen LogP contribution in [-0.4, -0.2) is 36.6 Å². The van der Waals surface area contributed by atoms with Gasteiger partial charge in [0, 0.05) is 18.8 Å². The Hall–Kier alpha value is -1.26. The molecule has 0 atom stereocenters. The molecule has 116 valence electrons. The van der Waals surface area contributed by atoms with E-state index < -0.39 is 0 Å². The van der Waals surface area contributed by atoms with E-state index in [-0.39, 0.29) is 12.1 Å². The maximum absolute atomic E-state index is 12.1. The molecule has 0 radical (unpaired) electrons. The third-order valence-electron chi connectivity index (χ3n) is 3.85. The summed E-state index contributed by atoms with van der Waals surface area (Å²) in [5.41, 5.74) is 6.56. The van der Waals surface area contributed by atoms with E-state index in [1.54, 1.807) is 18.2 Å². The SMILES string of the molecule is CCCCN1CCC(OC(=O)c2ccc(N)cc2Cl)CC1. The molecular formula is C16H23ClN2O2. The number of carbonyl (C=O) groups excluding carboxylic acids is 1. The van der Waals surface area contributed by atoms with E-state index in [9.17, 15) is 4.79 Å².